The first-order chi connectivity index (χ1) is 2.00. The van der Waals surface area contributed by atoms with Gasteiger partial charge in [-0.05, 0) is 11.8 Å². The molecule has 5 heavy (non-hydrogen) atoms. The third-order valence-corrected chi connectivity index (χ3v) is 0. The summed E-state index contributed by atoms with van der Waals surface area (Å²) in [5, 5.41) is 0. The molecule has 0 radical (unpaired) electrons. The van der Waals surface area contributed by atoms with Gasteiger partial charge >= 0.3 is 0 Å². The molecule has 0 aliphatic carbocycles. The summed E-state index contributed by atoms with van der Waals surface area (Å²) in [4.78, 5) is 0. The molecular weight excluding hydrogens is 110 g/mol. The minimum Gasteiger partial charge on any atom is -0.266 e. The average Bonchev–Trinajstić information content (AvgIpc) is 0.722. The van der Waals surface area contributed by atoms with Crippen LogP contribution in [0.15, 0.2) is 0 Å². The summed E-state index contributed by atoms with van der Waals surface area (Å²) in [6.07, 6.45) is 0. The second-order valence-electron chi connectivity index (χ2n) is 0.624. The highest BCUT2D eigenvalue weighted by Gasteiger charge is 1.90. The van der Waals surface area contributed by atoms with Crippen LogP contribution in [0.1, 0.15) is 0 Å². The van der Waals surface area contributed by atoms with Gasteiger partial charge in [-0.15, -0.1) is 0 Å². The van der Waals surface area contributed by atoms with Crippen LogP contribution >= 0.6 is 6.65 Å². The van der Waals surface area contributed by atoms with Gasteiger partial charge in [0.1, 0.15) is 0 Å². The van der Waals surface area contributed by atoms with E-state index in [1.54, 1.807) is 0 Å². The van der Waals surface area contributed by atoms with Gasteiger partial charge in [-0.3, -0.25) is 11.0 Å². The Morgan fingerprint density at radius 1 is 1.60 bits per heavy atom. The van der Waals surface area contributed by atoms with Gasteiger partial charge in [0.2, 0.25) is 6.65 Å². The van der Waals surface area contributed by atoms with Crippen LogP contribution in [0.25, 0.3) is 0 Å². The Hall–Kier alpha value is 0.500. The molecule has 4 N–H and O–H groups in total. The molecule has 0 unspecified atom stereocenters. The largest absolute Gasteiger partial charge is 0.266 e. The van der Waals surface area contributed by atoms with Crippen molar-refractivity contribution >= 4 is 18.5 Å². The zero-order chi connectivity index (χ0) is 4.50. The standard InChI is InChI=1S/FH4N2PS/c1-4(2,3)5/h(H4,2,3,5). The number of hydrogen-bond donors (Lipinski definition) is 2. The number of halogens is 1. The van der Waals surface area contributed by atoms with Crippen molar-refractivity contribution in [2.75, 3.05) is 0 Å². The molecule has 0 bridgehead atoms. The highest BCUT2D eigenvalue weighted by atomic mass is 32.5. The number of nitrogens with two attached hydrogens (primary N) is 2. The van der Waals surface area contributed by atoms with Gasteiger partial charge in [0.05, 0.1) is 0 Å². The zero-order valence-electron chi connectivity index (χ0n) is 2.39. The summed E-state index contributed by atoms with van der Waals surface area (Å²) in [6, 6.07) is 0. The smallest absolute Gasteiger partial charge is 0.235 e. The molecule has 0 fully saturated rings. The molecule has 0 atom stereocenters. The molecule has 0 aromatic rings. The maximum atomic E-state index is 11.2. The van der Waals surface area contributed by atoms with Crippen LogP contribution in [-0.4, -0.2) is 0 Å². The average molecular weight is 114 g/mol. The van der Waals surface area contributed by atoms with Crippen LogP contribution < -0.4 is 11.0 Å². The van der Waals surface area contributed by atoms with Crippen LogP contribution in [0.4, 0.5) is 4.20 Å². The van der Waals surface area contributed by atoms with Gasteiger partial charge in [-0.25, -0.2) is 0 Å². The summed E-state index contributed by atoms with van der Waals surface area (Å²) in [6.45, 7) is -3.31. The quantitative estimate of drug-likeness (QED) is 0.439. The van der Waals surface area contributed by atoms with E-state index in [1.807, 2.05) is 0 Å². The lowest BCUT2D eigenvalue weighted by molar-refractivity contribution is 0.887. The highest BCUT2D eigenvalue weighted by molar-refractivity contribution is 8.09. The number of hydrogen-bond acceptors (Lipinski definition) is 1. The van der Waals surface area contributed by atoms with Gasteiger partial charge in [0.25, 0.3) is 0 Å². The molecule has 0 heterocycles. The van der Waals surface area contributed by atoms with Crippen molar-refractivity contribution in [2.45, 2.75) is 0 Å². The second kappa shape index (κ2) is 1.30. The lowest BCUT2D eigenvalue weighted by atomic mass is 13.9. The van der Waals surface area contributed by atoms with E-state index in [0.717, 1.165) is 0 Å². The van der Waals surface area contributed by atoms with Crippen LogP contribution in [-0.2, 0) is 11.8 Å². The van der Waals surface area contributed by atoms with Crippen molar-refractivity contribution in [1.29, 1.82) is 0 Å². The van der Waals surface area contributed by atoms with Gasteiger partial charge in [0, 0.05) is 0 Å². The normalized spacial score (nSPS) is 11.8. The van der Waals surface area contributed by atoms with Gasteiger partial charge in [-0.1, -0.05) is 0 Å². The van der Waals surface area contributed by atoms with E-state index >= 15 is 0 Å². The molecule has 32 valence electrons. The summed E-state index contributed by atoms with van der Waals surface area (Å²) < 4.78 is 11.2. The maximum Gasteiger partial charge on any atom is 0.235 e. The Labute approximate surface area is 34.6 Å². The fraction of sp³-hybridized carbons (Fsp3) is 0. The van der Waals surface area contributed by atoms with Gasteiger partial charge < -0.3 is 0 Å². The van der Waals surface area contributed by atoms with Crippen LogP contribution in [0.2, 0.25) is 0 Å². The SMILES string of the molecule is NP(N)(F)=S. The van der Waals surface area contributed by atoms with Crippen LogP contribution in [0, 0.1) is 0 Å². The van der Waals surface area contributed by atoms with Crippen LogP contribution in [0.5, 0.6) is 0 Å². The molecule has 0 aliphatic rings. The Bertz CT molecular complexity index is 55.8. The molecule has 0 aromatic heterocycles. The van der Waals surface area contributed by atoms with Crippen molar-refractivity contribution in [2.24, 2.45) is 11.0 Å². The third-order valence-electron chi connectivity index (χ3n) is 0. The van der Waals surface area contributed by atoms with E-state index in [9.17, 15) is 4.20 Å². The van der Waals surface area contributed by atoms with Crippen molar-refractivity contribution in [3.8, 4) is 0 Å². The summed E-state index contributed by atoms with van der Waals surface area (Å²) in [5.41, 5.74) is 8.78. The van der Waals surface area contributed by atoms with E-state index in [-0.39, 0.29) is 0 Å². The predicted molar refractivity (Wildman–Crippen MR) is 23.8 cm³/mol. The topological polar surface area (TPSA) is 52.0 Å². The van der Waals surface area contributed by atoms with Crippen molar-refractivity contribution in [1.82, 2.24) is 0 Å². The molecule has 0 aliphatic heterocycles. The molecule has 5 heteroatoms. The molecule has 2 nitrogen and oxygen atoms in total. The van der Waals surface area contributed by atoms with E-state index in [4.69, 9.17) is 0 Å². The van der Waals surface area contributed by atoms with Crippen molar-refractivity contribution in [3.05, 3.63) is 0 Å². The fourth-order valence-electron chi connectivity index (χ4n) is 0. The Morgan fingerprint density at radius 2 is 1.60 bits per heavy atom. The molecular formula is H4FN2PS. The molecule has 0 amide bonds. The minimum absolute atomic E-state index is 3.31. The van der Waals surface area contributed by atoms with Gasteiger partial charge in [0.15, 0.2) is 0 Å². The lowest BCUT2D eigenvalue weighted by Gasteiger charge is -1.87. The second-order valence-corrected chi connectivity index (χ2v) is 3.55. The van der Waals surface area contributed by atoms with E-state index in [0.29, 0.717) is 0 Å². The Kier molecular flexibility index (Phi) is 1.44. The molecule has 0 spiro atoms. The zero-order valence-corrected chi connectivity index (χ0v) is 4.10. The first-order valence-electron chi connectivity index (χ1n) is 0.868. The monoisotopic (exact) mass is 114 g/mol. The molecule has 0 saturated carbocycles. The summed E-state index contributed by atoms with van der Waals surface area (Å²) in [5.74, 6) is 0. The lowest BCUT2D eigenvalue weighted by Crippen LogP contribution is -1.95. The van der Waals surface area contributed by atoms with E-state index in [2.05, 4.69) is 22.8 Å². The van der Waals surface area contributed by atoms with E-state index in [1.165, 1.54) is 0 Å². The van der Waals surface area contributed by atoms with Crippen LogP contribution in [0.3, 0.4) is 0 Å². The first-order valence-corrected chi connectivity index (χ1v) is 3.70. The first kappa shape index (κ1) is 5.50. The molecule has 0 aromatic carbocycles. The molecule has 0 saturated heterocycles. The third kappa shape index (κ3) is 112. The Balaban J connectivity index is 3.47. The minimum atomic E-state index is -3.31. The highest BCUT2D eigenvalue weighted by Crippen LogP contribution is 2.25. The van der Waals surface area contributed by atoms with E-state index < -0.39 is 6.65 Å². The summed E-state index contributed by atoms with van der Waals surface area (Å²) >= 11 is 3.83. The molecule has 0 rings (SSSR count). The van der Waals surface area contributed by atoms with Crippen molar-refractivity contribution in [3.63, 3.8) is 0 Å². The summed E-state index contributed by atoms with van der Waals surface area (Å²) in [7, 11) is 0. The maximum absolute atomic E-state index is 11.2. The van der Waals surface area contributed by atoms with Gasteiger partial charge in [-0.2, -0.15) is 4.20 Å². The number of rotatable bonds is 0. The Morgan fingerprint density at radius 3 is 1.60 bits per heavy atom. The predicted octanol–water partition coefficient (Wildman–Crippen LogP) is 0.0978. The van der Waals surface area contributed by atoms with Crippen molar-refractivity contribution < 1.29 is 4.20 Å². The fourth-order valence-corrected chi connectivity index (χ4v) is 0.